The van der Waals surface area contributed by atoms with Crippen LogP contribution >= 0.6 is 0 Å². The quantitative estimate of drug-likeness (QED) is 0.475. The summed E-state index contributed by atoms with van der Waals surface area (Å²) in [7, 11) is -4.00. The third-order valence-electron chi connectivity index (χ3n) is 5.31. The van der Waals surface area contributed by atoms with Crippen LogP contribution in [0.2, 0.25) is 0 Å². The summed E-state index contributed by atoms with van der Waals surface area (Å²) < 4.78 is 44.0. The first-order chi connectivity index (χ1) is 15.2. The molecule has 0 unspecified atom stereocenters. The molecule has 4 aromatic rings. The van der Waals surface area contributed by atoms with Gasteiger partial charge in [0.15, 0.2) is 0 Å². The highest BCUT2D eigenvalue weighted by molar-refractivity contribution is 7.90. The van der Waals surface area contributed by atoms with Gasteiger partial charge in [0.2, 0.25) is 5.43 Å². The topological polar surface area (TPSA) is 102 Å². The molecule has 0 saturated carbocycles. The maximum atomic E-state index is 13.4. The second-order valence-electron chi connectivity index (χ2n) is 7.54. The second kappa shape index (κ2) is 7.06. The minimum Gasteiger partial charge on any atom is -0.339 e. The lowest BCUT2D eigenvalue weighted by Crippen LogP contribution is -2.52. The first-order valence-corrected chi connectivity index (χ1v) is 11.2. The largest absolute Gasteiger partial charge is 0.339 e. The molecule has 8 nitrogen and oxygen atoms in total. The summed E-state index contributed by atoms with van der Waals surface area (Å²) in [6.07, 6.45) is 1.56. The Hall–Kier alpha value is -3.92. The Morgan fingerprint density at radius 1 is 1.03 bits per heavy atom. The summed E-state index contributed by atoms with van der Waals surface area (Å²) in [5.74, 6) is -0.610. The number of sulfonamides is 1. The van der Waals surface area contributed by atoms with Crippen LogP contribution in [-0.4, -0.2) is 17.6 Å². The normalized spacial score (nSPS) is 16.3. The summed E-state index contributed by atoms with van der Waals surface area (Å²) in [4.78, 5) is 26.6. The van der Waals surface area contributed by atoms with Gasteiger partial charge in [-0.2, -0.15) is 0 Å². The number of benzene rings is 2. The van der Waals surface area contributed by atoms with Gasteiger partial charge in [0.05, 0.1) is 12.2 Å². The Labute approximate surface area is 181 Å². The SMILES string of the molecule is Cc1ccc2c(c1)S(=O)(=O)NC(=c1c(=O)c3cccn3n(Cc3ccc(F)cc3)c1=O)N2. The molecule has 0 aliphatic carbocycles. The molecule has 162 valence electrons. The fourth-order valence-corrected chi connectivity index (χ4v) is 5.05. The van der Waals surface area contributed by atoms with Crippen LogP contribution in [0.1, 0.15) is 11.1 Å². The van der Waals surface area contributed by atoms with Crippen LogP contribution in [0.4, 0.5) is 10.1 Å². The van der Waals surface area contributed by atoms with E-state index in [0.717, 1.165) is 5.56 Å². The third-order valence-corrected chi connectivity index (χ3v) is 6.70. The molecule has 0 bridgehead atoms. The van der Waals surface area contributed by atoms with Gasteiger partial charge in [-0.15, -0.1) is 0 Å². The predicted molar refractivity (Wildman–Crippen MR) is 117 cm³/mol. The van der Waals surface area contributed by atoms with Gasteiger partial charge in [0, 0.05) is 6.20 Å². The molecular weight excluding hydrogens is 435 g/mol. The lowest BCUT2D eigenvalue weighted by molar-refractivity contribution is 0.586. The molecule has 2 N–H and O–H groups in total. The van der Waals surface area contributed by atoms with Crippen LogP contribution in [0.3, 0.4) is 0 Å². The van der Waals surface area contributed by atoms with Crippen LogP contribution in [0.5, 0.6) is 0 Å². The second-order valence-corrected chi connectivity index (χ2v) is 9.19. The van der Waals surface area contributed by atoms with E-state index in [2.05, 4.69) is 10.0 Å². The Balaban J connectivity index is 1.79. The van der Waals surface area contributed by atoms with Crippen LogP contribution in [0, 0.1) is 12.7 Å². The summed E-state index contributed by atoms with van der Waals surface area (Å²) in [5, 5.41) is 2.56. The van der Waals surface area contributed by atoms with Gasteiger partial charge in [-0.25, -0.2) is 17.5 Å². The van der Waals surface area contributed by atoms with Gasteiger partial charge < -0.3 is 5.32 Å². The van der Waals surface area contributed by atoms with Gasteiger partial charge >= 0.3 is 0 Å². The number of aryl methyl sites for hydroxylation is 1. The molecular formula is C22H17FN4O4S. The molecule has 1 aliphatic rings. The van der Waals surface area contributed by atoms with Crippen molar-refractivity contribution < 1.29 is 12.8 Å². The molecule has 0 amide bonds. The Morgan fingerprint density at radius 3 is 2.53 bits per heavy atom. The van der Waals surface area contributed by atoms with Crippen molar-refractivity contribution in [3.63, 3.8) is 0 Å². The molecule has 0 spiro atoms. The van der Waals surface area contributed by atoms with Crippen molar-refractivity contribution >= 4 is 27.0 Å². The standard InChI is InChI=1S/C22H17FN4O4S/c1-13-4-9-16-18(11-13)32(30,31)25-21(24-16)19-20(28)17-3-2-10-26(17)27(22(19)29)12-14-5-7-15(23)8-6-14/h2-11,24-25H,12H2,1H3. The molecule has 10 heteroatoms. The lowest BCUT2D eigenvalue weighted by Gasteiger charge is -2.23. The molecule has 2 aromatic heterocycles. The summed E-state index contributed by atoms with van der Waals surface area (Å²) >= 11 is 0. The highest BCUT2D eigenvalue weighted by Crippen LogP contribution is 2.27. The van der Waals surface area contributed by atoms with E-state index in [1.807, 2.05) is 0 Å². The number of halogens is 1. The Morgan fingerprint density at radius 2 is 1.78 bits per heavy atom. The van der Waals surface area contributed by atoms with E-state index < -0.39 is 26.8 Å². The summed E-state index contributed by atoms with van der Waals surface area (Å²) in [5.41, 5.74) is 0.546. The number of anilines is 1. The maximum Gasteiger partial charge on any atom is 0.280 e. The van der Waals surface area contributed by atoms with Crippen molar-refractivity contribution in [3.05, 3.63) is 104 Å². The molecule has 0 atom stereocenters. The number of nitrogens with zero attached hydrogens (tertiary/aromatic N) is 2. The average molecular weight is 452 g/mol. The van der Waals surface area contributed by atoms with Crippen molar-refractivity contribution in [2.45, 2.75) is 18.4 Å². The first-order valence-electron chi connectivity index (χ1n) is 9.68. The van der Waals surface area contributed by atoms with E-state index in [0.29, 0.717) is 5.56 Å². The number of hydrogen-bond donors (Lipinski definition) is 2. The zero-order valence-corrected chi connectivity index (χ0v) is 17.6. The zero-order valence-electron chi connectivity index (χ0n) is 16.8. The minimum atomic E-state index is -4.00. The van der Waals surface area contributed by atoms with E-state index in [4.69, 9.17) is 0 Å². The van der Waals surface area contributed by atoms with E-state index in [1.165, 1.54) is 39.5 Å². The lowest BCUT2D eigenvalue weighted by atomic mass is 10.2. The van der Waals surface area contributed by atoms with Gasteiger partial charge in [-0.05, 0) is 54.4 Å². The molecule has 3 heterocycles. The van der Waals surface area contributed by atoms with Crippen molar-refractivity contribution in [1.82, 2.24) is 13.9 Å². The van der Waals surface area contributed by atoms with Crippen molar-refractivity contribution in [1.29, 1.82) is 0 Å². The van der Waals surface area contributed by atoms with Crippen molar-refractivity contribution in [2.24, 2.45) is 0 Å². The Kier molecular flexibility index (Phi) is 4.41. The van der Waals surface area contributed by atoms with Crippen LogP contribution in [0.25, 0.3) is 11.3 Å². The van der Waals surface area contributed by atoms with Crippen LogP contribution in [-0.2, 0) is 16.6 Å². The van der Waals surface area contributed by atoms with Gasteiger partial charge in [-0.3, -0.25) is 18.8 Å². The summed E-state index contributed by atoms with van der Waals surface area (Å²) in [6, 6.07) is 13.6. The summed E-state index contributed by atoms with van der Waals surface area (Å²) in [6.45, 7) is 1.81. The smallest absolute Gasteiger partial charge is 0.280 e. The molecule has 5 rings (SSSR count). The number of hydrogen-bond acceptors (Lipinski definition) is 5. The molecule has 0 radical (unpaired) electrons. The number of aromatic nitrogens is 2. The number of nitrogens with one attached hydrogen (secondary N) is 2. The van der Waals surface area contributed by atoms with E-state index in [1.54, 1.807) is 37.4 Å². The Bertz CT molecular complexity index is 1670. The van der Waals surface area contributed by atoms with E-state index >= 15 is 0 Å². The first kappa shape index (κ1) is 20.0. The van der Waals surface area contributed by atoms with Crippen LogP contribution in [0.15, 0.2) is 75.3 Å². The monoisotopic (exact) mass is 452 g/mol. The van der Waals surface area contributed by atoms with Crippen molar-refractivity contribution in [3.8, 4) is 0 Å². The highest BCUT2D eigenvalue weighted by Gasteiger charge is 2.28. The van der Waals surface area contributed by atoms with Crippen LogP contribution < -0.4 is 26.2 Å². The molecule has 1 aliphatic heterocycles. The zero-order chi connectivity index (χ0) is 22.6. The minimum absolute atomic E-state index is 0.0316. The number of rotatable bonds is 2. The molecule has 0 fully saturated rings. The van der Waals surface area contributed by atoms with E-state index in [-0.39, 0.29) is 33.7 Å². The fourth-order valence-electron chi connectivity index (χ4n) is 3.76. The van der Waals surface area contributed by atoms with Gasteiger partial charge in [-0.1, -0.05) is 18.2 Å². The molecule has 2 aromatic carbocycles. The molecule has 32 heavy (non-hydrogen) atoms. The third kappa shape index (κ3) is 3.16. The molecule has 0 saturated heterocycles. The van der Waals surface area contributed by atoms with Gasteiger partial charge in [0.1, 0.15) is 27.3 Å². The van der Waals surface area contributed by atoms with Crippen molar-refractivity contribution in [2.75, 3.05) is 5.32 Å². The average Bonchev–Trinajstić information content (AvgIpc) is 3.23. The van der Waals surface area contributed by atoms with E-state index in [9.17, 15) is 22.4 Å². The van der Waals surface area contributed by atoms with Gasteiger partial charge in [0.25, 0.3) is 15.6 Å². The number of fused-ring (bicyclic) bond motifs is 2. The predicted octanol–water partition coefficient (Wildman–Crippen LogP) is 1.15. The fraction of sp³-hybridized carbons (Fsp3) is 0.0909. The maximum absolute atomic E-state index is 13.4. The highest BCUT2D eigenvalue weighted by atomic mass is 32.2.